The molecule has 0 aliphatic carbocycles. The lowest BCUT2D eigenvalue weighted by Crippen LogP contribution is -1.94. The zero-order valence-electron chi connectivity index (χ0n) is 12.3. The molecule has 2 aromatic heterocycles. The molecule has 0 unspecified atom stereocenters. The van der Waals surface area contributed by atoms with Gasteiger partial charge in [-0.25, -0.2) is 4.98 Å². The first-order chi connectivity index (χ1) is 10.6. The van der Waals surface area contributed by atoms with Crippen LogP contribution in [0.5, 0.6) is 0 Å². The number of hydrogen-bond acceptors (Lipinski definition) is 3. The summed E-state index contributed by atoms with van der Waals surface area (Å²) in [6.07, 6.45) is 1.76. The molecule has 106 valence electrons. The van der Waals surface area contributed by atoms with Crippen molar-refractivity contribution >= 4 is 22.7 Å². The predicted molar refractivity (Wildman–Crippen MR) is 84.4 cm³/mol. The molecule has 0 spiro atoms. The van der Waals surface area contributed by atoms with Gasteiger partial charge in [0.2, 0.25) is 0 Å². The fourth-order valence-corrected chi connectivity index (χ4v) is 2.37. The minimum atomic E-state index is 0.439. The van der Waals surface area contributed by atoms with Crippen LogP contribution in [0.15, 0.2) is 30.3 Å². The third-order valence-corrected chi connectivity index (χ3v) is 3.75. The quantitative estimate of drug-likeness (QED) is 0.735. The lowest BCUT2D eigenvalue weighted by Gasteiger charge is -1.98. The number of nitrogens with one attached hydrogen (secondary N) is 1. The highest BCUT2D eigenvalue weighted by molar-refractivity contribution is 5.90. The van der Waals surface area contributed by atoms with E-state index < -0.39 is 0 Å². The van der Waals surface area contributed by atoms with E-state index in [4.69, 9.17) is 5.26 Å². The van der Waals surface area contributed by atoms with Crippen molar-refractivity contribution in [3.8, 4) is 12.1 Å². The van der Waals surface area contributed by atoms with Gasteiger partial charge in [0.15, 0.2) is 0 Å². The summed E-state index contributed by atoms with van der Waals surface area (Å²) >= 11 is 0. The van der Waals surface area contributed by atoms with Crippen LogP contribution < -0.4 is 0 Å². The van der Waals surface area contributed by atoms with E-state index in [1.54, 1.807) is 16.7 Å². The lowest BCUT2D eigenvalue weighted by molar-refractivity contribution is 0.865. The standard InChI is InChI=1S/C17H13N5/c1-11-12(8-14(10-19)22(11)2)7-13(9-18)17-20-15-5-3-4-6-16(15)21-17/h3-8H,1-2H3,(H,20,21)/b13-7+. The van der Waals surface area contributed by atoms with E-state index in [0.29, 0.717) is 17.1 Å². The van der Waals surface area contributed by atoms with Crippen molar-refractivity contribution in [2.24, 2.45) is 7.05 Å². The second kappa shape index (κ2) is 5.23. The van der Waals surface area contributed by atoms with Crippen LogP contribution in [0.3, 0.4) is 0 Å². The summed E-state index contributed by atoms with van der Waals surface area (Å²) in [6.45, 7) is 1.92. The van der Waals surface area contributed by atoms with Gasteiger partial charge < -0.3 is 9.55 Å². The molecule has 0 amide bonds. The maximum Gasteiger partial charge on any atom is 0.149 e. The number of nitriles is 2. The SMILES string of the molecule is Cc1c(/C=C(\C#N)c2nc3ccccc3[nH]2)cc(C#N)n1C. The van der Waals surface area contributed by atoms with Crippen LogP contribution in [-0.4, -0.2) is 14.5 Å². The van der Waals surface area contributed by atoms with Gasteiger partial charge in [0.25, 0.3) is 0 Å². The van der Waals surface area contributed by atoms with Crippen molar-refractivity contribution < 1.29 is 0 Å². The zero-order chi connectivity index (χ0) is 15.7. The summed E-state index contributed by atoms with van der Waals surface area (Å²) in [5.74, 6) is 0.533. The predicted octanol–water partition coefficient (Wildman–Crippen LogP) is 3.15. The van der Waals surface area contributed by atoms with E-state index in [1.807, 2.05) is 38.2 Å². The Hall–Kier alpha value is -3.31. The highest BCUT2D eigenvalue weighted by Gasteiger charge is 2.11. The number of H-pyrrole nitrogens is 1. The number of aromatic amines is 1. The normalized spacial score (nSPS) is 11.4. The molecule has 5 heteroatoms. The molecule has 5 nitrogen and oxygen atoms in total. The number of rotatable bonds is 2. The Kier molecular flexibility index (Phi) is 3.25. The molecule has 0 saturated carbocycles. The summed E-state index contributed by atoms with van der Waals surface area (Å²) in [5, 5.41) is 18.5. The maximum atomic E-state index is 9.44. The monoisotopic (exact) mass is 287 g/mol. The number of fused-ring (bicyclic) bond motifs is 1. The van der Waals surface area contributed by atoms with Crippen LogP contribution in [0.25, 0.3) is 22.7 Å². The molecule has 2 heterocycles. The van der Waals surface area contributed by atoms with Gasteiger partial charge in [-0.3, -0.25) is 0 Å². The van der Waals surface area contributed by atoms with Crippen LogP contribution in [0.4, 0.5) is 0 Å². The number of imidazole rings is 1. The van der Waals surface area contributed by atoms with Crippen molar-refractivity contribution in [2.45, 2.75) is 6.92 Å². The lowest BCUT2D eigenvalue weighted by atomic mass is 10.1. The third-order valence-electron chi connectivity index (χ3n) is 3.75. The first-order valence-corrected chi connectivity index (χ1v) is 6.77. The number of hydrogen-bond donors (Lipinski definition) is 1. The van der Waals surface area contributed by atoms with E-state index in [0.717, 1.165) is 22.3 Å². The van der Waals surface area contributed by atoms with Crippen LogP contribution in [0, 0.1) is 29.6 Å². The molecule has 1 aromatic carbocycles. The molecule has 0 aliphatic heterocycles. The Morgan fingerprint density at radius 3 is 2.73 bits per heavy atom. The van der Waals surface area contributed by atoms with Crippen LogP contribution >= 0.6 is 0 Å². The van der Waals surface area contributed by atoms with Crippen molar-refractivity contribution in [1.82, 2.24) is 14.5 Å². The molecular formula is C17H13N5. The van der Waals surface area contributed by atoms with Gasteiger partial charge in [0.1, 0.15) is 23.7 Å². The number of nitrogens with zero attached hydrogens (tertiary/aromatic N) is 4. The first-order valence-electron chi connectivity index (χ1n) is 6.77. The fourth-order valence-electron chi connectivity index (χ4n) is 2.37. The van der Waals surface area contributed by atoms with Crippen molar-refractivity contribution in [3.05, 3.63) is 53.1 Å². The average Bonchev–Trinajstić information content (AvgIpc) is 3.08. The molecule has 0 saturated heterocycles. The number of benzene rings is 1. The van der Waals surface area contributed by atoms with E-state index >= 15 is 0 Å². The minimum absolute atomic E-state index is 0.439. The van der Waals surface area contributed by atoms with Gasteiger partial charge in [-0.1, -0.05) is 12.1 Å². The van der Waals surface area contributed by atoms with Gasteiger partial charge in [0.05, 0.1) is 16.6 Å². The Bertz CT molecular complexity index is 940. The molecule has 1 N–H and O–H groups in total. The first kappa shape index (κ1) is 13.7. The van der Waals surface area contributed by atoms with Gasteiger partial charge in [-0.15, -0.1) is 0 Å². The molecule has 3 rings (SSSR count). The van der Waals surface area contributed by atoms with Crippen molar-refractivity contribution in [1.29, 1.82) is 10.5 Å². The number of aromatic nitrogens is 3. The Labute approximate surface area is 127 Å². The molecule has 3 aromatic rings. The number of allylic oxidation sites excluding steroid dienone is 1. The summed E-state index contributed by atoms with van der Waals surface area (Å²) in [4.78, 5) is 7.59. The maximum absolute atomic E-state index is 9.44. The Morgan fingerprint density at radius 1 is 1.32 bits per heavy atom. The molecular weight excluding hydrogens is 274 g/mol. The van der Waals surface area contributed by atoms with E-state index in [9.17, 15) is 5.26 Å². The van der Waals surface area contributed by atoms with E-state index in [1.165, 1.54) is 0 Å². The van der Waals surface area contributed by atoms with Gasteiger partial charge >= 0.3 is 0 Å². The Morgan fingerprint density at radius 2 is 2.09 bits per heavy atom. The topological polar surface area (TPSA) is 81.2 Å². The van der Waals surface area contributed by atoms with Crippen LogP contribution in [0.2, 0.25) is 0 Å². The summed E-state index contributed by atoms with van der Waals surface area (Å²) in [5.41, 5.74) is 4.48. The summed E-state index contributed by atoms with van der Waals surface area (Å²) < 4.78 is 1.81. The Balaban J connectivity index is 2.12. The second-order valence-corrected chi connectivity index (χ2v) is 5.01. The molecule has 0 bridgehead atoms. The van der Waals surface area contributed by atoms with Gasteiger partial charge in [-0.05, 0) is 36.8 Å². The molecule has 0 fully saturated rings. The molecule has 22 heavy (non-hydrogen) atoms. The van der Waals surface area contributed by atoms with Crippen molar-refractivity contribution in [3.63, 3.8) is 0 Å². The van der Waals surface area contributed by atoms with E-state index in [-0.39, 0.29) is 0 Å². The highest BCUT2D eigenvalue weighted by Crippen LogP contribution is 2.22. The third kappa shape index (κ3) is 2.15. The minimum Gasteiger partial charge on any atom is -0.339 e. The van der Waals surface area contributed by atoms with Crippen LogP contribution in [0.1, 0.15) is 22.8 Å². The van der Waals surface area contributed by atoms with E-state index in [2.05, 4.69) is 22.1 Å². The van der Waals surface area contributed by atoms with Crippen LogP contribution in [-0.2, 0) is 7.05 Å². The zero-order valence-corrected chi connectivity index (χ0v) is 12.3. The average molecular weight is 287 g/mol. The molecule has 0 radical (unpaired) electrons. The second-order valence-electron chi connectivity index (χ2n) is 5.01. The van der Waals surface area contributed by atoms with Gasteiger partial charge in [-0.2, -0.15) is 10.5 Å². The fraction of sp³-hybridized carbons (Fsp3) is 0.118. The largest absolute Gasteiger partial charge is 0.339 e. The molecule has 0 aliphatic rings. The smallest absolute Gasteiger partial charge is 0.149 e. The number of para-hydroxylation sites is 2. The van der Waals surface area contributed by atoms with Gasteiger partial charge in [0, 0.05) is 12.7 Å². The summed E-state index contributed by atoms with van der Waals surface area (Å²) in [7, 11) is 1.83. The summed E-state index contributed by atoms with van der Waals surface area (Å²) in [6, 6.07) is 13.7. The highest BCUT2D eigenvalue weighted by atomic mass is 15.0. The molecule has 0 atom stereocenters. The van der Waals surface area contributed by atoms with Crippen molar-refractivity contribution in [2.75, 3.05) is 0 Å².